The molecule has 0 saturated carbocycles. The van der Waals surface area contributed by atoms with Crippen LogP contribution in [0.15, 0.2) is 71.6 Å². The van der Waals surface area contributed by atoms with Gasteiger partial charge in [0.2, 0.25) is 0 Å². The number of benzene rings is 3. The van der Waals surface area contributed by atoms with Crippen LogP contribution in [0.5, 0.6) is 0 Å². The molecular weight excluding hydrogens is 438 g/mol. The van der Waals surface area contributed by atoms with E-state index in [4.69, 9.17) is 4.84 Å². The van der Waals surface area contributed by atoms with Gasteiger partial charge in [0, 0.05) is 4.83 Å². The largest absolute Gasteiger partial charge is 0.275 e. The van der Waals surface area contributed by atoms with E-state index in [9.17, 15) is 8.42 Å². The van der Waals surface area contributed by atoms with Gasteiger partial charge in [0.15, 0.2) is 0 Å². The van der Waals surface area contributed by atoms with Crippen LogP contribution in [-0.2, 0) is 14.9 Å². The van der Waals surface area contributed by atoms with Crippen molar-refractivity contribution in [1.29, 1.82) is 0 Å². The van der Waals surface area contributed by atoms with Crippen LogP contribution in [0.2, 0.25) is 0 Å². The maximum Gasteiger partial charge on any atom is 0.265 e. The molecule has 1 fully saturated rings. The van der Waals surface area contributed by atoms with Crippen LogP contribution in [0.1, 0.15) is 30.6 Å². The standard InChI is InChI=1S/C22H22BrNO3S/c1-15-10-12-18(13-11-15)28(25,26)24-21(16(2)23)14-22(27-24)20-9-5-7-17-6-3-4-8-19(17)20/h3-13,16,21-22H,14H2,1-2H3/t16?,21-,22+/m0/s1. The van der Waals surface area contributed by atoms with Gasteiger partial charge in [-0.2, -0.15) is 0 Å². The second-order valence-corrected chi connectivity index (χ2v) is 10.4. The highest BCUT2D eigenvalue weighted by atomic mass is 79.9. The van der Waals surface area contributed by atoms with Crippen molar-refractivity contribution in [3.05, 3.63) is 77.9 Å². The zero-order valence-electron chi connectivity index (χ0n) is 15.7. The average molecular weight is 460 g/mol. The summed E-state index contributed by atoms with van der Waals surface area (Å²) in [5.41, 5.74) is 2.03. The van der Waals surface area contributed by atoms with Gasteiger partial charge in [-0.05, 0) is 41.8 Å². The third kappa shape index (κ3) is 3.50. The van der Waals surface area contributed by atoms with E-state index in [0.717, 1.165) is 21.9 Å². The van der Waals surface area contributed by atoms with Crippen LogP contribution in [0.3, 0.4) is 0 Å². The Morgan fingerprint density at radius 2 is 1.71 bits per heavy atom. The maximum atomic E-state index is 13.3. The van der Waals surface area contributed by atoms with Crippen LogP contribution >= 0.6 is 15.9 Å². The van der Waals surface area contributed by atoms with Crippen LogP contribution < -0.4 is 0 Å². The van der Waals surface area contributed by atoms with Crippen molar-refractivity contribution >= 4 is 36.7 Å². The lowest BCUT2D eigenvalue weighted by molar-refractivity contribution is -0.0903. The van der Waals surface area contributed by atoms with Crippen molar-refractivity contribution in [1.82, 2.24) is 4.47 Å². The van der Waals surface area contributed by atoms with E-state index in [1.54, 1.807) is 24.3 Å². The Morgan fingerprint density at radius 1 is 1.04 bits per heavy atom. The number of rotatable bonds is 4. The molecule has 0 N–H and O–H groups in total. The summed E-state index contributed by atoms with van der Waals surface area (Å²) in [6.45, 7) is 3.89. The molecule has 1 aliphatic heterocycles. The molecule has 1 aliphatic rings. The minimum absolute atomic E-state index is 0.0484. The Kier molecular flexibility index (Phi) is 5.31. The molecule has 3 aromatic carbocycles. The van der Waals surface area contributed by atoms with E-state index in [0.29, 0.717) is 6.42 Å². The van der Waals surface area contributed by atoms with Gasteiger partial charge in [0.05, 0.1) is 10.9 Å². The molecule has 0 aromatic heterocycles. The van der Waals surface area contributed by atoms with E-state index in [-0.39, 0.29) is 21.9 Å². The van der Waals surface area contributed by atoms with Crippen LogP contribution in [0.4, 0.5) is 0 Å². The van der Waals surface area contributed by atoms with E-state index >= 15 is 0 Å². The maximum absolute atomic E-state index is 13.3. The minimum Gasteiger partial charge on any atom is -0.275 e. The number of hydroxylamine groups is 1. The first-order valence-electron chi connectivity index (χ1n) is 9.27. The number of hydrogen-bond acceptors (Lipinski definition) is 3. The Hall–Kier alpha value is -1.73. The number of alkyl halides is 1. The Balaban J connectivity index is 1.74. The normalized spacial score (nSPS) is 21.8. The molecular formula is C22H22BrNO3S. The van der Waals surface area contributed by atoms with Gasteiger partial charge >= 0.3 is 0 Å². The SMILES string of the molecule is Cc1ccc(S(=O)(=O)N2O[C@@H](c3cccc4ccccc34)C[C@H]2C(C)Br)cc1. The summed E-state index contributed by atoms with van der Waals surface area (Å²) in [4.78, 5) is 6.29. The topological polar surface area (TPSA) is 46.6 Å². The second-order valence-electron chi connectivity index (χ2n) is 7.22. The van der Waals surface area contributed by atoms with Gasteiger partial charge < -0.3 is 0 Å². The number of hydrogen-bond donors (Lipinski definition) is 0. The molecule has 1 heterocycles. The smallest absolute Gasteiger partial charge is 0.265 e. The first kappa shape index (κ1) is 19.6. The van der Waals surface area contributed by atoms with Crippen molar-refractivity contribution in [2.45, 2.75) is 42.1 Å². The van der Waals surface area contributed by atoms with Gasteiger partial charge in [-0.25, -0.2) is 8.42 Å². The highest BCUT2D eigenvalue weighted by Gasteiger charge is 2.44. The van der Waals surface area contributed by atoms with Gasteiger partial charge in [-0.1, -0.05) is 87.5 Å². The molecule has 1 saturated heterocycles. The molecule has 28 heavy (non-hydrogen) atoms. The lowest BCUT2D eigenvalue weighted by Crippen LogP contribution is -2.38. The Morgan fingerprint density at radius 3 is 2.43 bits per heavy atom. The van der Waals surface area contributed by atoms with Crippen molar-refractivity contribution in [2.24, 2.45) is 0 Å². The Labute approximate surface area is 174 Å². The summed E-state index contributed by atoms with van der Waals surface area (Å²) < 4.78 is 27.8. The molecule has 6 heteroatoms. The van der Waals surface area contributed by atoms with Crippen LogP contribution in [0, 0.1) is 6.92 Å². The minimum atomic E-state index is -3.76. The fourth-order valence-electron chi connectivity index (χ4n) is 3.67. The quantitative estimate of drug-likeness (QED) is 0.492. The molecule has 0 bridgehead atoms. The van der Waals surface area contributed by atoms with Crippen molar-refractivity contribution in [2.75, 3.05) is 0 Å². The first-order valence-corrected chi connectivity index (χ1v) is 11.6. The third-order valence-electron chi connectivity index (χ3n) is 5.21. The summed E-state index contributed by atoms with van der Waals surface area (Å²) >= 11 is 3.58. The lowest BCUT2D eigenvalue weighted by Gasteiger charge is -2.24. The van der Waals surface area contributed by atoms with E-state index < -0.39 is 10.0 Å². The molecule has 3 aromatic rings. The lowest BCUT2D eigenvalue weighted by atomic mass is 9.97. The van der Waals surface area contributed by atoms with Crippen LogP contribution in [-0.4, -0.2) is 23.8 Å². The summed E-state index contributed by atoms with van der Waals surface area (Å²) in [5.74, 6) is 0. The molecule has 0 amide bonds. The van der Waals surface area contributed by atoms with Gasteiger partial charge in [-0.15, -0.1) is 0 Å². The summed E-state index contributed by atoms with van der Waals surface area (Å²) in [5, 5.41) is 2.21. The summed E-state index contributed by atoms with van der Waals surface area (Å²) in [6, 6.07) is 20.7. The molecule has 0 aliphatic carbocycles. The fraction of sp³-hybridized carbons (Fsp3) is 0.273. The molecule has 4 rings (SSSR count). The zero-order chi connectivity index (χ0) is 19.9. The number of halogens is 1. The Bertz CT molecular complexity index is 1090. The monoisotopic (exact) mass is 459 g/mol. The van der Waals surface area contributed by atoms with E-state index in [1.807, 2.05) is 38.1 Å². The van der Waals surface area contributed by atoms with Crippen molar-refractivity contribution in [3.8, 4) is 0 Å². The molecule has 3 atom stereocenters. The average Bonchev–Trinajstić information content (AvgIpc) is 3.14. The van der Waals surface area contributed by atoms with Crippen LogP contribution in [0.25, 0.3) is 10.8 Å². The predicted octanol–water partition coefficient (Wildman–Crippen LogP) is 5.37. The molecule has 4 nitrogen and oxygen atoms in total. The van der Waals surface area contributed by atoms with Crippen molar-refractivity contribution < 1.29 is 13.3 Å². The number of fused-ring (bicyclic) bond motifs is 1. The first-order chi connectivity index (χ1) is 13.4. The van der Waals surface area contributed by atoms with Gasteiger partial charge in [0.1, 0.15) is 6.10 Å². The van der Waals surface area contributed by atoms with E-state index in [1.165, 1.54) is 4.47 Å². The number of aryl methyl sites for hydroxylation is 1. The molecule has 0 spiro atoms. The van der Waals surface area contributed by atoms with Crippen molar-refractivity contribution in [3.63, 3.8) is 0 Å². The molecule has 146 valence electrons. The third-order valence-corrected chi connectivity index (χ3v) is 7.52. The van der Waals surface area contributed by atoms with Gasteiger partial charge in [-0.3, -0.25) is 4.84 Å². The van der Waals surface area contributed by atoms with Gasteiger partial charge in [0.25, 0.3) is 10.0 Å². The molecule has 1 unspecified atom stereocenters. The number of nitrogens with zero attached hydrogens (tertiary/aromatic N) is 1. The number of sulfonamides is 1. The highest BCUT2D eigenvalue weighted by molar-refractivity contribution is 9.09. The molecule has 0 radical (unpaired) electrons. The highest BCUT2D eigenvalue weighted by Crippen LogP contribution is 2.41. The summed E-state index contributed by atoms with van der Waals surface area (Å²) in [6.07, 6.45) is 0.266. The van der Waals surface area contributed by atoms with E-state index in [2.05, 4.69) is 34.1 Å². The fourth-order valence-corrected chi connectivity index (χ4v) is 5.79. The summed E-state index contributed by atoms with van der Waals surface area (Å²) in [7, 11) is -3.76. The second kappa shape index (κ2) is 7.59. The zero-order valence-corrected chi connectivity index (χ0v) is 18.2. The predicted molar refractivity (Wildman–Crippen MR) is 115 cm³/mol.